The second-order valence-electron chi connectivity index (χ2n) is 7.16. The van der Waals surface area contributed by atoms with Gasteiger partial charge in [0.2, 0.25) is 0 Å². The quantitative estimate of drug-likeness (QED) is 0.280. The fraction of sp³-hybridized carbons (Fsp3) is 0.350. The van der Waals surface area contributed by atoms with Crippen LogP contribution in [0.2, 0.25) is 0 Å². The molecule has 1 saturated heterocycles. The van der Waals surface area contributed by atoms with E-state index in [2.05, 4.69) is 0 Å². The number of halogens is 1. The highest BCUT2D eigenvalue weighted by molar-refractivity contribution is 7.85. The molecule has 0 saturated carbocycles. The molecule has 3 rings (SSSR count). The Balaban J connectivity index is 1.68. The van der Waals surface area contributed by atoms with Crippen LogP contribution in [0, 0.1) is 15.9 Å². The molecule has 9 nitrogen and oxygen atoms in total. The molecule has 0 spiro atoms. The summed E-state index contributed by atoms with van der Waals surface area (Å²) in [4.78, 5) is 24.4. The first-order chi connectivity index (χ1) is 14.6. The molecule has 2 aromatic rings. The van der Waals surface area contributed by atoms with Gasteiger partial charge in [-0.15, -0.1) is 0 Å². The lowest BCUT2D eigenvalue weighted by Crippen LogP contribution is -2.44. The Morgan fingerprint density at radius 1 is 1.26 bits per heavy atom. The Kier molecular flexibility index (Phi) is 7.11. The van der Waals surface area contributed by atoms with E-state index in [1.165, 1.54) is 36.4 Å². The standard InChI is InChI=1S/C20H21FN2O7S/c21-15-6-4-14(5-7-15)19(24)8-9-22-10-11-30-16(13-22)12-17-18(23(25)26)2-1-3-20(17)31(27,28)29/h1-7,16H,8-13H2,(H,27,28,29). The number of nitro benzene ring substituents is 1. The fourth-order valence-corrected chi connectivity index (χ4v) is 4.30. The Morgan fingerprint density at radius 2 is 1.97 bits per heavy atom. The molecule has 11 heteroatoms. The van der Waals surface area contributed by atoms with E-state index in [1.54, 1.807) is 0 Å². The number of ether oxygens (including phenoxy) is 1. The van der Waals surface area contributed by atoms with Gasteiger partial charge < -0.3 is 4.74 Å². The number of hydrogen-bond donors (Lipinski definition) is 1. The Hall–Kier alpha value is -2.73. The van der Waals surface area contributed by atoms with Crippen molar-refractivity contribution in [1.29, 1.82) is 0 Å². The van der Waals surface area contributed by atoms with Crippen molar-refractivity contribution in [2.45, 2.75) is 23.8 Å². The van der Waals surface area contributed by atoms with Gasteiger partial charge in [0, 0.05) is 44.1 Å². The Morgan fingerprint density at radius 3 is 2.61 bits per heavy atom. The van der Waals surface area contributed by atoms with Gasteiger partial charge in [0.15, 0.2) is 5.78 Å². The van der Waals surface area contributed by atoms with Crippen LogP contribution < -0.4 is 0 Å². The summed E-state index contributed by atoms with van der Waals surface area (Å²) in [6, 6.07) is 8.76. The van der Waals surface area contributed by atoms with Crippen LogP contribution in [-0.4, -0.2) is 60.9 Å². The molecule has 166 valence electrons. The highest BCUT2D eigenvalue weighted by Crippen LogP contribution is 2.28. The summed E-state index contributed by atoms with van der Waals surface area (Å²) >= 11 is 0. The van der Waals surface area contributed by atoms with E-state index in [-0.39, 0.29) is 24.2 Å². The topological polar surface area (TPSA) is 127 Å². The van der Waals surface area contributed by atoms with Gasteiger partial charge in [0.25, 0.3) is 15.8 Å². The van der Waals surface area contributed by atoms with Crippen molar-refractivity contribution in [3.8, 4) is 0 Å². The molecule has 0 aliphatic carbocycles. The van der Waals surface area contributed by atoms with Crippen molar-refractivity contribution in [2.75, 3.05) is 26.2 Å². The second-order valence-corrected chi connectivity index (χ2v) is 8.55. The lowest BCUT2D eigenvalue weighted by atomic mass is 10.0. The van der Waals surface area contributed by atoms with E-state index in [9.17, 15) is 32.3 Å². The summed E-state index contributed by atoms with van der Waals surface area (Å²) in [5.74, 6) is -0.567. The predicted octanol–water partition coefficient (Wildman–Crippen LogP) is 2.50. The summed E-state index contributed by atoms with van der Waals surface area (Å²) in [5.41, 5.74) is -0.129. The molecule has 1 heterocycles. The molecule has 1 atom stereocenters. The van der Waals surface area contributed by atoms with Gasteiger partial charge in [-0.05, 0) is 30.3 Å². The smallest absolute Gasteiger partial charge is 0.295 e. The number of ketones is 1. The van der Waals surface area contributed by atoms with E-state index in [4.69, 9.17) is 4.74 Å². The van der Waals surface area contributed by atoms with Crippen molar-refractivity contribution >= 4 is 21.6 Å². The Labute approximate surface area is 178 Å². The van der Waals surface area contributed by atoms with Crippen LogP contribution in [0.3, 0.4) is 0 Å². The van der Waals surface area contributed by atoms with E-state index in [0.29, 0.717) is 31.8 Å². The number of carbonyl (C=O) groups is 1. The molecule has 1 aliphatic rings. The maximum absolute atomic E-state index is 13.0. The van der Waals surface area contributed by atoms with Crippen molar-refractivity contribution in [1.82, 2.24) is 4.90 Å². The van der Waals surface area contributed by atoms with Crippen LogP contribution in [0.1, 0.15) is 22.3 Å². The summed E-state index contributed by atoms with van der Waals surface area (Å²) in [6.45, 7) is 1.57. The maximum atomic E-state index is 13.0. The van der Waals surface area contributed by atoms with Gasteiger partial charge in [-0.3, -0.25) is 24.4 Å². The number of rotatable bonds is 8. The number of morpholine rings is 1. The largest absolute Gasteiger partial charge is 0.375 e. The molecule has 2 aromatic carbocycles. The first-order valence-corrected chi connectivity index (χ1v) is 11.0. The lowest BCUT2D eigenvalue weighted by molar-refractivity contribution is -0.385. The van der Waals surface area contributed by atoms with Crippen molar-refractivity contribution in [3.63, 3.8) is 0 Å². The van der Waals surface area contributed by atoms with Crippen molar-refractivity contribution < 1.29 is 31.8 Å². The highest BCUT2D eigenvalue weighted by Gasteiger charge is 2.29. The number of benzene rings is 2. The molecule has 0 radical (unpaired) electrons. The third kappa shape index (κ3) is 5.91. The summed E-state index contributed by atoms with van der Waals surface area (Å²) < 4.78 is 51.5. The fourth-order valence-electron chi connectivity index (χ4n) is 3.55. The average Bonchev–Trinajstić information content (AvgIpc) is 2.72. The molecule has 1 fully saturated rings. The average molecular weight is 452 g/mol. The van der Waals surface area contributed by atoms with Gasteiger partial charge in [0.1, 0.15) is 10.7 Å². The zero-order chi connectivity index (χ0) is 22.6. The highest BCUT2D eigenvalue weighted by atomic mass is 32.2. The number of carbonyl (C=O) groups excluding carboxylic acids is 1. The van der Waals surface area contributed by atoms with Crippen molar-refractivity contribution in [2.24, 2.45) is 0 Å². The molecular weight excluding hydrogens is 431 g/mol. The number of nitrogens with zero attached hydrogens (tertiary/aromatic N) is 2. The van der Waals surface area contributed by atoms with E-state index in [0.717, 1.165) is 6.07 Å². The molecule has 0 aromatic heterocycles. The number of hydrogen-bond acceptors (Lipinski definition) is 7. The van der Waals surface area contributed by atoms with Gasteiger partial charge in [-0.2, -0.15) is 8.42 Å². The third-order valence-corrected chi connectivity index (χ3v) is 6.00. The molecule has 1 unspecified atom stereocenters. The van der Waals surface area contributed by atoms with Crippen LogP contribution in [-0.2, 0) is 21.3 Å². The van der Waals surface area contributed by atoms with Gasteiger partial charge >= 0.3 is 0 Å². The van der Waals surface area contributed by atoms with Gasteiger partial charge in [0.05, 0.1) is 23.2 Å². The zero-order valence-electron chi connectivity index (χ0n) is 16.4. The van der Waals surface area contributed by atoms with E-state index >= 15 is 0 Å². The van der Waals surface area contributed by atoms with Gasteiger partial charge in [-0.1, -0.05) is 6.07 Å². The minimum absolute atomic E-state index is 0.0886. The number of nitro groups is 1. The van der Waals surface area contributed by atoms with Crippen LogP contribution >= 0.6 is 0 Å². The van der Waals surface area contributed by atoms with Crippen LogP contribution in [0.15, 0.2) is 47.4 Å². The summed E-state index contributed by atoms with van der Waals surface area (Å²) in [5, 5.41) is 11.4. The summed E-state index contributed by atoms with van der Waals surface area (Å²) in [7, 11) is -4.65. The van der Waals surface area contributed by atoms with Crippen LogP contribution in [0.25, 0.3) is 0 Å². The molecule has 0 amide bonds. The summed E-state index contributed by atoms with van der Waals surface area (Å²) in [6.07, 6.45) is -0.453. The predicted molar refractivity (Wildman–Crippen MR) is 108 cm³/mol. The van der Waals surface area contributed by atoms with Crippen LogP contribution in [0.5, 0.6) is 0 Å². The lowest BCUT2D eigenvalue weighted by Gasteiger charge is -2.33. The second kappa shape index (κ2) is 9.60. The molecule has 31 heavy (non-hydrogen) atoms. The van der Waals surface area contributed by atoms with E-state index in [1.807, 2.05) is 4.90 Å². The minimum atomic E-state index is -4.65. The van der Waals surface area contributed by atoms with Gasteiger partial charge in [-0.25, -0.2) is 4.39 Å². The monoisotopic (exact) mass is 452 g/mol. The minimum Gasteiger partial charge on any atom is -0.375 e. The van der Waals surface area contributed by atoms with E-state index < -0.39 is 37.5 Å². The Bertz CT molecular complexity index is 1070. The first kappa shape index (κ1) is 22.9. The maximum Gasteiger partial charge on any atom is 0.295 e. The number of Topliss-reactive ketones (excluding diaryl/α,β-unsaturated/α-hetero) is 1. The van der Waals surface area contributed by atoms with Crippen LogP contribution in [0.4, 0.5) is 10.1 Å². The molecular formula is C20H21FN2O7S. The molecule has 1 N–H and O–H groups in total. The molecule has 0 bridgehead atoms. The SMILES string of the molecule is O=C(CCN1CCOC(Cc2c([N+](=O)[O-])cccc2S(=O)(=O)O)C1)c1ccc(F)cc1. The van der Waals surface area contributed by atoms with Crippen molar-refractivity contribution in [3.05, 3.63) is 69.5 Å². The zero-order valence-corrected chi connectivity index (χ0v) is 17.3. The molecule has 1 aliphatic heterocycles. The third-order valence-electron chi connectivity index (χ3n) is 5.06. The first-order valence-electron chi connectivity index (χ1n) is 9.51. The normalized spacial score (nSPS) is 17.4.